The summed E-state index contributed by atoms with van der Waals surface area (Å²) < 4.78 is 0. The second-order valence-corrected chi connectivity index (χ2v) is 5.43. The lowest BCUT2D eigenvalue weighted by Gasteiger charge is -2.13. The second kappa shape index (κ2) is 8.70. The van der Waals surface area contributed by atoms with Crippen LogP contribution in [0.2, 0.25) is 0 Å². The molecule has 1 amide bonds. The number of benzene rings is 1. The van der Waals surface area contributed by atoms with Crippen LogP contribution in [0.25, 0.3) is 0 Å². The van der Waals surface area contributed by atoms with E-state index in [4.69, 9.17) is 5.11 Å². The van der Waals surface area contributed by atoms with Gasteiger partial charge >= 0.3 is 0 Å². The van der Waals surface area contributed by atoms with E-state index in [9.17, 15) is 4.79 Å². The topological polar surface area (TPSA) is 49.3 Å². The number of aliphatic hydroxyl groups is 1. The summed E-state index contributed by atoms with van der Waals surface area (Å²) in [5, 5.41) is 11.8. The van der Waals surface area contributed by atoms with Crippen molar-refractivity contribution >= 4 is 5.91 Å². The van der Waals surface area contributed by atoms with Crippen molar-refractivity contribution in [2.45, 2.75) is 33.1 Å². The van der Waals surface area contributed by atoms with Crippen LogP contribution in [0.15, 0.2) is 30.3 Å². The lowest BCUT2D eigenvalue weighted by Crippen LogP contribution is -2.30. The van der Waals surface area contributed by atoms with Gasteiger partial charge in [0.15, 0.2) is 0 Å². The maximum Gasteiger partial charge on any atom is 0.220 e. The summed E-state index contributed by atoms with van der Waals surface area (Å²) in [6, 6.07) is 10.3. The fourth-order valence-corrected chi connectivity index (χ4v) is 1.90. The molecule has 0 spiro atoms. The molecule has 0 heterocycles. The number of amides is 1. The molecule has 0 bridgehead atoms. The van der Waals surface area contributed by atoms with E-state index in [2.05, 4.69) is 24.4 Å². The normalized spacial score (nSPS) is 13.8. The minimum atomic E-state index is 0.0841. The molecule has 2 N–H and O–H groups in total. The molecule has 106 valence electrons. The molecule has 3 nitrogen and oxygen atoms in total. The zero-order chi connectivity index (χ0) is 14.1. The highest BCUT2D eigenvalue weighted by atomic mass is 16.3. The summed E-state index contributed by atoms with van der Waals surface area (Å²) in [7, 11) is 0. The molecule has 0 aliphatic carbocycles. The van der Waals surface area contributed by atoms with E-state index >= 15 is 0 Å². The SMILES string of the molecule is CC(CO)CNC(=O)CC(C)CCc1ccccc1. The Morgan fingerprint density at radius 3 is 2.53 bits per heavy atom. The molecule has 0 fully saturated rings. The van der Waals surface area contributed by atoms with Gasteiger partial charge in [0.25, 0.3) is 0 Å². The first-order valence-corrected chi connectivity index (χ1v) is 7.03. The third-order valence-corrected chi connectivity index (χ3v) is 3.26. The Hall–Kier alpha value is -1.35. The number of aryl methyl sites for hydroxylation is 1. The minimum Gasteiger partial charge on any atom is -0.396 e. The molecule has 2 atom stereocenters. The molecule has 19 heavy (non-hydrogen) atoms. The van der Waals surface area contributed by atoms with E-state index < -0.39 is 0 Å². The van der Waals surface area contributed by atoms with Gasteiger partial charge in [-0.1, -0.05) is 44.2 Å². The smallest absolute Gasteiger partial charge is 0.220 e. The van der Waals surface area contributed by atoms with Gasteiger partial charge in [-0.3, -0.25) is 4.79 Å². The lowest BCUT2D eigenvalue weighted by atomic mass is 9.98. The van der Waals surface area contributed by atoms with Crippen LogP contribution in [0.5, 0.6) is 0 Å². The van der Waals surface area contributed by atoms with E-state index in [1.807, 2.05) is 25.1 Å². The monoisotopic (exact) mass is 263 g/mol. The Bertz CT molecular complexity index is 364. The third kappa shape index (κ3) is 6.97. The predicted molar refractivity (Wildman–Crippen MR) is 77.8 cm³/mol. The van der Waals surface area contributed by atoms with Crippen molar-refractivity contribution in [1.29, 1.82) is 0 Å². The first-order chi connectivity index (χ1) is 9.11. The van der Waals surface area contributed by atoms with Crippen LogP contribution in [0, 0.1) is 11.8 Å². The first-order valence-electron chi connectivity index (χ1n) is 7.03. The fraction of sp³-hybridized carbons (Fsp3) is 0.562. The maximum absolute atomic E-state index is 11.7. The number of hydrogen-bond acceptors (Lipinski definition) is 2. The van der Waals surface area contributed by atoms with Gasteiger partial charge in [-0.05, 0) is 30.2 Å². The molecule has 0 aliphatic rings. The van der Waals surface area contributed by atoms with E-state index in [0.29, 0.717) is 18.9 Å². The van der Waals surface area contributed by atoms with Crippen LogP contribution in [0.4, 0.5) is 0 Å². The molecular formula is C16H25NO2. The van der Waals surface area contributed by atoms with Crippen molar-refractivity contribution in [2.24, 2.45) is 11.8 Å². The van der Waals surface area contributed by atoms with Gasteiger partial charge < -0.3 is 10.4 Å². The van der Waals surface area contributed by atoms with Gasteiger partial charge in [-0.25, -0.2) is 0 Å². The van der Waals surface area contributed by atoms with Crippen LogP contribution < -0.4 is 5.32 Å². The maximum atomic E-state index is 11.7. The van der Waals surface area contributed by atoms with Crippen molar-refractivity contribution in [1.82, 2.24) is 5.32 Å². The summed E-state index contributed by atoms with van der Waals surface area (Å²) in [6.07, 6.45) is 2.60. The Morgan fingerprint density at radius 2 is 1.89 bits per heavy atom. The molecule has 0 aromatic heterocycles. The van der Waals surface area contributed by atoms with E-state index in [0.717, 1.165) is 12.8 Å². The summed E-state index contributed by atoms with van der Waals surface area (Å²) in [5.74, 6) is 0.592. The van der Waals surface area contributed by atoms with Crippen LogP contribution in [-0.2, 0) is 11.2 Å². The van der Waals surface area contributed by atoms with E-state index in [1.54, 1.807) is 0 Å². The van der Waals surface area contributed by atoms with Gasteiger partial charge in [0, 0.05) is 19.6 Å². The minimum absolute atomic E-state index is 0.0841. The Labute approximate surface area is 116 Å². The summed E-state index contributed by atoms with van der Waals surface area (Å²) in [4.78, 5) is 11.7. The zero-order valence-corrected chi connectivity index (χ0v) is 11.9. The third-order valence-electron chi connectivity index (χ3n) is 3.26. The Balaban J connectivity index is 2.20. The molecule has 1 aromatic carbocycles. The van der Waals surface area contributed by atoms with Crippen molar-refractivity contribution < 1.29 is 9.90 Å². The Morgan fingerprint density at radius 1 is 1.21 bits per heavy atom. The average Bonchev–Trinajstić information content (AvgIpc) is 2.43. The number of aliphatic hydroxyl groups excluding tert-OH is 1. The molecule has 0 saturated carbocycles. The summed E-state index contributed by atoms with van der Waals surface area (Å²) >= 11 is 0. The molecule has 1 aromatic rings. The number of nitrogens with one attached hydrogen (secondary N) is 1. The molecule has 0 saturated heterocycles. The average molecular weight is 263 g/mol. The van der Waals surface area contributed by atoms with Crippen LogP contribution >= 0.6 is 0 Å². The summed E-state index contributed by atoms with van der Waals surface area (Å²) in [6.45, 7) is 4.70. The largest absolute Gasteiger partial charge is 0.396 e. The number of rotatable bonds is 8. The quantitative estimate of drug-likeness (QED) is 0.756. The highest BCUT2D eigenvalue weighted by molar-refractivity contribution is 5.76. The van der Waals surface area contributed by atoms with Crippen LogP contribution in [0.1, 0.15) is 32.3 Å². The molecule has 2 unspecified atom stereocenters. The number of hydrogen-bond donors (Lipinski definition) is 2. The van der Waals surface area contributed by atoms with Crippen molar-refractivity contribution in [2.75, 3.05) is 13.2 Å². The van der Waals surface area contributed by atoms with Crippen LogP contribution in [-0.4, -0.2) is 24.2 Å². The molecule has 3 heteroatoms. The summed E-state index contributed by atoms with van der Waals surface area (Å²) in [5.41, 5.74) is 1.32. The molecule has 0 radical (unpaired) electrons. The second-order valence-electron chi connectivity index (χ2n) is 5.43. The standard InChI is InChI=1S/C16H25NO2/c1-13(8-9-15-6-4-3-5-7-15)10-16(19)17-11-14(2)12-18/h3-7,13-14,18H,8-12H2,1-2H3,(H,17,19). The van der Waals surface area contributed by atoms with Crippen molar-refractivity contribution in [3.05, 3.63) is 35.9 Å². The number of carbonyl (C=O) groups excluding carboxylic acids is 1. The molecule has 0 aliphatic heterocycles. The fourth-order valence-electron chi connectivity index (χ4n) is 1.90. The van der Waals surface area contributed by atoms with Crippen LogP contribution in [0.3, 0.4) is 0 Å². The molecule has 1 rings (SSSR count). The highest BCUT2D eigenvalue weighted by Crippen LogP contribution is 2.12. The van der Waals surface area contributed by atoms with Crippen molar-refractivity contribution in [3.63, 3.8) is 0 Å². The zero-order valence-electron chi connectivity index (χ0n) is 11.9. The van der Waals surface area contributed by atoms with Gasteiger partial charge in [0.1, 0.15) is 0 Å². The predicted octanol–water partition coefficient (Wildman–Crippen LogP) is 2.39. The van der Waals surface area contributed by atoms with Gasteiger partial charge in [0.05, 0.1) is 0 Å². The molecular weight excluding hydrogens is 238 g/mol. The Kier molecular flexibility index (Phi) is 7.19. The van der Waals surface area contributed by atoms with E-state index in [1.165, 1.54) is 5.56 Å². The lowest BCUT2D eigenvalue weighted by molar-refractivity contribution is -0.122. The van der Waals surface area contributed by atoms with Crippen molar-refractivity contribution in [3.8, 4) is 0 Å². The highest BCUT2D eigenvalue weighted by Gasteiger charge is 2.10. The first kappa shape index (κ1) is 15.7. The van der Waals surface area contributed by atoms with Gasteiger partial charge in [0.2, 0.25) is 5.91 Å². The van der Waals surface area contributed by atoms with E-state index in [-0.39, 0.29) is 18.4 Å². The van der Waals surface area contributed by atoms with Gasteiger partial charge in [-0.15, -0.1) is 0 Å². The number of carbonyl (C=O) groups is 1. The van der Waals surface area contributed by atoms with Gasteiger partial charge in [-0.2, -0.15) is 0 Å².